The van der Waals surface area contributed by atoms with Crippen LogP contribution in [0.15, 0.2) is 30.7 Å². The van der Waals surface area contributed by atoms with Crippen molar-refractivity contribution in [3.8, 4) is 5.75 Å². The molecular weight excluding hydrogens is 200 g/mol. The first-order valence-electron chi connectivity index (χ1n) is 5.56. The molecule has 3 rings (SSSR count). The van der Waals surface area contributed by atoms with Gasteiger partial charge in [-0.05, 0) is 25.0 Å². The predicted molar refractivity (Wildman–Crippen MR) is 61.7 cm³/mol. The van der Waals surface area contributed by atoms with Crippen molar-refractivity contribution in [2.75, 3.05) is 6.61 Å². The number of H-pyrrole nitrogens is 1. The van der Waals surface area contributed by atoms with Gasteiger partial charge in [-0.25, -0.2) is 4.98 Å². The van der Waals surface area contributed by atoms with Crippen molar-refractivity contribution >= 4 is 0 Å². The minimum atomic E-state index is 0.395. The van der Waals surface area contributed by atoms with Crippen molar-refractivity contribution < 1.29 is 4.74 Å². The number of rotatable bonds is 1. The molecule has 0 saturated heterocycles. The van der Waals surface area contributed by atoms with E-state index >= 15 is 0 Å². The zero-order valence-electron chi connectivity index (χ0n) is 9.23. The van der Waals surface area contributed by atoms with Crippen LogP contribution in [0.3, 0.4) is 0 Å². The van der Waals surface area contributed by atoms with Crippen LogP contribution < -0.4 is 4.74 Å². The van der Waals surface area contributed by atoms with Gasteiger partial charge in [0.2, 0.25) is 0 Å². The summed E-state index contributed by atoms with van der Waals surface area (Å²) in [5.41, 5.74) is 3.68. The van der Waals surface area contributed by atoms with Gasteiger partial charge in [0, 0.05) is 23.4 Å². The lowest BCUT2D eigenvalue weighted by Gasteiger charge is -2.25. The first kappa shape index (κ1) is 9.46. The second kappa shape index (κ2) is 3.67. The van der Waals surface area contributed by atoms with E-state index in [1.54, 1.807) is 6.33 Å². The zero-order valence-corrected chi connectivity index (χ0v) is 9.23. The zero-order chi connectivity index (χ0) is 11.0. The predicted octanol–water partition coefficient (Wildman–Crippen LogP) is 2.63. The maximum atomic E-state index is 5.70. The minimum Gasteiger partial charge on any atom is -0.493 e. The molecule has 2 heterocycles. The summed E-state index contributed by atoms with van der Waals surface area (Å²) < 4.78 is 5.70. The number of fused-ring (bicyclic) bond motifs is 1. The molecular formula is C13H14N2O. The average molecular weight is 214 g/mol. The summed E-state index contributed by atoms with van der Waals surface area (Å²) in [7, 11) is 0. The summed E-state index contributed by atoms with van der Waals surface area (Å²) in [5.74, 6) is 1.41. The highest BCUT2D eigenvalue weighted by Gasteiger charge is 2.23. The summed E-state index contributed by atoms with van der Waals surface area (Å²) in [5, 5.41) is 0. The second-order valence-electron chi connectivity index (χ2n) is 4.24. The van der Waals surface area contributed by atoms with Crippen molar-refractivity contribution in [1.29, 1.82) is 0 Å². The largest absolute Gasteiger partial charge is 0.493 e. The molecule has 0 aliphatic carbocycles. The molecule has 0 amide bonds. The third-order valence-electron chi connectivity index (χ3n) is 3.10. The number of ether oxygens (including phenoxy) is 1. The van der Waals surface area contributed by atoms with E-state index in [0.717, 1.165) is 18.8 Å². The fourth-order valence-electron chi connectivity index (χ4n) is 2.28. The SMILES string of the molecule is Cc1ccc2c(c1)OCCC2c1cnc[nH]1. The van der Waals surface area contributed by atoms with Gasteiger partial charge in [0.1, 0.15) is 5.75 Å². The highest BCUT2D eigenvalue weighted by Crippen LogP contribution is 2.37. The molecule has 0 fully saturated rings. The van der Waals surface area contributed by atoms with Crippen molar-refractivity contribution in [3.63, 3.8) is 0 Å². The Labute approximate surface area is 94.5 Å². The number of hydrogen-bond acceptors (Lipinski definition) is 2. The summed E-state index contributed by atoms with van der Waals surface area (Å²) in [6.07, 6.45) is 4.65. The Balaban J connectivity index is 2.06. The fraction of sp³-hybridized carbons (Fsp3) is 0.308. The number of benzene rings is 1. The van der Waals surface area contributed by atoms with Crippen molar-refractivity contribution in [3.05, 3.63) is 47.5 Å². The van der Waals surface area contributed by atoms with Crippen LogP contribution in [-0.2, 0) is 0 Å². The van der Waals surface area contributed by atoms with Crippen molar-refractivity contribution in [2.45, 2.75) is 19.3 Å². The lowest BCUT2D eigenvalue weighted by Crippen LogP contribution is -2.15. The molecule has 3 heteroatoms. The summed E-state index contributed by atoms with van der Waals surface area (Å²) in [6.45, 7) is 2.86. The van der Waals surface area contributed by atoms with Crippen LogP contribution in [0.1, 0.15) is 29.2 Å². The molecule has 0 saturated carbocycles. The third kappa shape index (κ3) is 1.48. The van der Waals surface area contributed by atoms with Gasteiger partial charge in [-0.3, -0.25) is 0 Å². The van der Waals surface area contributed by atoms with Crippen LogP contribution in [0.5, 0.6) is 5.75 Å². The Bertz CT molecular complexity index is 491. The first-order valence-corrected chi connectivity index (χ1v) is 5.56. The van der Waals surface area contributed by atoms with Gasteiger partial charge < -0.3 is 9.72 Å². The van der Waals surface area contributed by atoms with Gasteiger partial charge in [-0.1, -0.05) is 12.1 Å². The molecule has 2 aromatic rings. The number of nitrogens with one attached hydrogen (secondary N) is 1. The highest BCUT2D eigenvalue weighted by atomic mass is 16.5. The highest BCUT2D eigenvalue weighted by molar-refractivity contribution is 5.43. The number of nitrogens with zero attached hydrogens (tertiary/aromatic N) is 1. The lowest BCUT2D eigenvalue weighted by molar-refractivity contribution is 0.275. The molecule has 1 aliphatic heterocycles. The van der Waals surface area contributed by atoms with Gasteiger partial charge in [0.25, 0.3) is 0 Å². The number of aryl methyl sites for hydroxylation is 1. The van der Waals surface area contributed by atoms with Crippen molar-refractivity contribution in [1.82, 2.24) is 9.97 Å². The van der Waals surface area contributed by atoms with Crippen LogP contribution >= 0.6 is 0 Å². The van der Waals surface area contributed by atoms with Crippen LogP contribution in [-0.4, -0.2) is 16.6 Å². The topological polar surface area (TPSA) is 37.9 Å². The molecule has 1 N–H and O–H groups in total. The number of imidazole rings is 1. The normalized spacial score (nSPS) is 18.9. The van der Waals surface area contributed by atoms with Crippen molar-refractivity contribution in [2.24, 2.45) is 0 Å². The Morgan fingerprint density at radius 3 is 3.19 bits per heavy atom. The molecule has 0 spiro atoms. The van der Waals surface area contributed by atoms with Gasteiger partial charge in [-0.2, -0.15) is 0 Å². The number of aromatic amines is 1. The molecule has 16 heavy (non-hydrogen) atoms. The lowest BCUT2D eigenvalue weighted by atomic mass is 9.90. The average Bonchev–Trinajstić information content (AvgIpc) is 2.81. The van der Waals surface area contributed by atoms with Crippen LogP contribution in [0.4, 0.5) is 0 Å². The number of aromatic nitrogens is 2. The molecule has 1 aliphatic rings. The minimum absolute atomic E-state index is 0.395. The molecule has 1 aromatic carbocycles. The van der Waals surface area contributed by atoms with Gasteiger partial charge >= 0.3 is 0 Å². The second-order valence-corrected chi connectivity index (χ2v) is 4.24. The fourth-order valence-corrected chi connectivity index (χ4v) is 2.28. The Morgan fingerprint density at radius 1 is 1.44 bits per heavy atom. The smallest absolute Gasteiger partial charge is 0.123 e. The summed E-state index contributed by atoms with van der Waals surface area (Å²) in [6, 6.07) is 6.41. The van der Waals surface area contributed by atoms with E-state index in [2.05, 4.69) is 35.1 Å². The Morgan fingerprint density at radius 2 is 2.38 bits per heavy atom. The van der Waals surface area contributed by atoms with Gasteiger partial charge in [-0.15, -0.1) is 0 Å². The van der Waals surface area contributed by atoms with Crippen LogP contribution in [0, 0.1) is 6.92 Å². The standard InChI is InChI=1S/C13H14N2O/c1-9-2-3-11-10(12-7-14-8-15-12)4-5-16-13(11)6-9/h2-3,6-8,10H,4-5H2,1H3,(H,14,15). The quantitative estimate of drug-likeness (QED) is 0.792. The monoisotopic (exact) mass is 214 g/mol. The van der Waals surface area contributed by atoms with E-state index in [1.807, 2.05) is 6.20 Å². The molecule has 1 atom stereocenters. The number of hydrogen-bond donors (Lipinski definition) is 1. The van der Waals surface area contributed by atoms with E-state index in [0.29, 0.717) is 5.92 Å². The molecule has 0 bridgehead atoms. The first-order chi connectivity index (χ1) is 7.84. The van der Waals surface area contributed by atoms with E-state index in [-0.39, 0.29) is 0 Å². The molecule has 82 valence electrons. The maximum Gasteiger partial charge on any atom is 0.123 e. The molecule has 1 aromatic heterocycles. The van der Waals surface area contributed by atoms with E-state index in [1.165, 1.54) is 16.8 Å². The summed E-state index contributed by atoms with van der Waals surface area (Å²) >= 11 is 0. The van der Waals surface area contributed by atoms with Gasteiger partial charge in [0.15, 0.2) is 0 Å². The van der Waals surface area contributed by atoms with Crippen LogP contribution in [0.25, 0.3) is 0 Å². The van der Waals surface area contributed by atoms with E-state index in [4.69, 9.17) is 4.74 Å². The van der Waals surface area contributed by atoms with Gasteiger partial charge in [0.05, 0.1) is 12.9 Å². The maximum absolute atomic E-state index is 5.70. The Kier molecular flexibility index (Phi) is 2.17. The van der Waals surface area contributed by atoms with Crippen LogP contribution in [0.2, 0.25) is 0 Å². The molecule has 3 nitrogen and oxygen atoms in total. The molecule has 0 radical (unpaired) electrons. The molecule has 1 unspecified atom stereocenters. The van der Waals surface area contributed by atoms with E-state index < -0.39 is 0 Å². The Hall–Kier alpha value is -1.77. The summed E-state index contributed by atoms with van der Waals surface area (Å²) in [4.78, 5) is 7.29. The third-order valence-corrected chi connectivity index (χ3v) is 3.10. The van der Waals surface area contributed by atoms with E-state index in [9.17, 15) is 0 Å².